The lowest BCUT2D eigenvalue weighted by molar-refractivity contribution is -0.137. The number of rotatable bonds is 3. The van der Waals surface area contributed by atoms with Crippen molar-refractivity contribution in [2.24, 2.45) is 0 Å². The van der Waals surface area contributed by atoms with Gasteiger partial charge in [-0.2, -0.15) is 13.2 Å². The number of ether oxygens (including phenoxy) is 2. The van der Waals surface area contributed by atoms with E-state index in [1.807, 2.05) is 6.07 Å². The van der Waals surface area contributed by atoms with Crippen LogP contribution >= 0.6 is 12.2 Å². The molecule has 1 aliphatic heterocycles. The summed E-state index contributed by atoms with van der Waals surface area (Å²) in [5.74, 6) is 0.697. The number of carbonyl (C=O) groups excluding carboxylic acids is 1. The lowest BCUT2D eigenvalue weighted by Gasteiger charge is -2.12. The highest BCUT2D eigenvalue weighted by atomic mass is 32.1. The number of alkyl halides is 3. The number of thiocarbonyl (C=S) groups is 1. The Morgan fingerprint density at radius 1 is 1.04 bits per heavy atom. The average molecular weight is 397 g/mol. The zero-order valence-electron chi connectivity index (χ0n) is 13.7. The van der Waals surface area contributed by atoms with Gasteiger partial charge in [0.2, 0.25) is 6.79 Å². The molecule has 0 spiro atoms. The maximum atomic E-state index is 12.5. The largest absolute Gasteiger partial charge is 0.454 e. The van der Waals surface area contributed by atoms with Crippen LogP contribution in [0.25, 0.3) is 0 Å². The number of hydrogen-bond donors (Lipinski definition) is 3. The fourth-order valence-electron chi connectivity index (χ4n) is 2.27. The molecule has 0 bridgehead atoms. The van der Waals surface area contributed by atoms with Crippen molar-refractivity contribution in [2.45, 2.75) is 12.7 Å². The number of benzene rings is 2. The molecule has 27 heavy (non-hydrogen) atoms. The molecule has 0 aromatic heterocycles. The Labute approximate surface area is 157 Å². The van der Waals surface area contributed by atoms with E-state index >= 15 is 0 Å². The second-order valence-electron chi connectivity index (χ2n) is 5.52. The van der Waals surface area contributed by atoms with Crippen LogP contribution in [0.5, 0.6) is 11.5 Å². The Hall–Kier alpha value is -3.01. The summed E-state index contributed by atoms with van der Waals surface area (Å²) in [7, 11) is 0. The third kappa shape index (κ3) is 4.79. The van der Waals surface area contributed by atoms with E-state index in [0.717, 1.165) is 29.8 Å². The van der Waals surface area contributed by atoms with Crippen molar-refractivity contribution in [2.75, 3.05) is 6.79 Å². The highest BCUT2D eigenvalue weighted by Crippen LogP contribution is 2.32. The standard InChI is InChI=1S/C17H14F3N3O3S/c18-17(19,20)12-4-2-11(3-5-12)15(24)22-23-16(27)21-8-10-1-6-13-14(7-10)26-9-25-13/h1-7H,8-9H2,(H,22,24)(H2,21,23,27). The lowest BCUT2D eigenvalue weighted by atomic mass is 10.1. The molecule has 1 heterocycles. The summed E-state index contributed by atoms with van der Waals surface area (Å²) in [6.45, 7) is 0.556. The van der Waals surface area contributed by atoms with Gasteiger partial charge in [-0.15, -0.1) is 0 Å². The molecular formula is C17H14F3N3O3S. The summed E-state index contributed by atoms with van der Waals surface area (Å²) < 4.78 is 48.1. The van der Waals surface area contributed by atoms with Gasteiger partial charge in [-0.1, -0.05) is 6.07 Å². The molecule has 0 radical (unpaired) electrons. The topological polar surface area (TPSA) is 71.6 Å². The van der Waals surface area contributed by atoms with Gasteiger partial charge in [0.1, 0.15) is 0 Å². The minimum absolute atomic E-state index is 0.0640. The van der Waals surface area contributed by atoms with Crippen molar-refractivity contribution in [3.8, 4) is 11.5 Å². The molecule has 3 rings (SSSR count). The molecule has 142 valence electrons. The van der Waals surface area contributed by atoms with Gasteiger partial charge in [-0.05, 0) is 54.2 Å². The summed E-state index contributed by atoms with van der Waals surface area (Å²) >= 11 is 5.05. The number of halogens is 3. The van der Waals surface area contributed by atoms with Gasteiger partial charge >= 0.3 is 6.18 Å². The fourth-order valence-corrected chi connectivity index (χ4v) is 2.40. The highest BCUT2D eigenvalue weighted by Gasteiger charge is 2.30. The molecule has 1 aliphatic rings. The van der Waals surface area contributed by atoms with Crippen molar-refractivity contribution in [1.29, 1.82) is 0 Å². The molecule has 6 nitrogen and oxygen atoms in total. The van der Waals surface area contributed by atoms with E-state index in [0.29, 0.717) is 18.0 Å². The van der Waals surface area contributed by atoms with Gasteiger partial charge in [0.05, 0.1) is 5.56 Å². The van der Waals surface area contributed by atoms with Gasteiger partial charge in [0.15, 0.2) is 16.6 Å². The summed E-state index contributed by atoms with van der Waals surface area (Å²) in [6, 6.07) is 9.27. The van der Waals surface area contributed by atoms with Crippen LogP contribution in [0.3, 0.4) is 0 Å². The van der Waals surface area contributed by atoms with Crippen LogP contribution in [-0.4, -0.2) is 17.8 Å². The van der Waals surface area contributed by atoms with E-state index in [1.165, 1.54) is 0 Å². The Morgan fingerprint density at radius 3 is 2.44 bits per heavy atom. The molecule has 0 atom stereocenters. The molecular weight excluding hydrogens is 383 g/mol. The van der Waals surface area contributed by atoms with Crippen molar-refractivity contribution in [3.05, 3.63) is 59.2 Å². The quantitative estimate of drug-likeness (QED) is 0.547. The maximum Gasteiger partial charge on any atom is 0.416 e. The van der Waals surface area contributed by atoms with Crippen LogP contribution in [0.1, 0.15) is 21.5 Å². The lowest BCUT2D eigenvalue weighted by Crippen LogP contribution is -2.46. The van der Waals surface area contributed by atoms with Crippen LogP contribution in [-0.2, 0) is 12.7 Å². The minimum Gasteiger partial charge on any atom is -0.454 e. The Balaban J connectivity index is 1.46. The van der Waals surface area contributed by atoms with Crippen LogP contribution in [0.2, 0.25) is 0 Å². The molecule has 3 N–H and O–H groups in total. The normalized spacial score (nSPS) is 12.4. The molecule has 0 unspecified atom stereocenters. The monoisotopic (exact) mass is 397 g/mol. The molecule has 0 fully saturated rings. The van der Waals surface area contributed by atoms with Crippen LogP contribution in [0.4, 0.5) is 13.2 Å². The van der Waals surface area contributed by atoms with Gasteiger partial charge in [-0.3, -0.25) is 15.6 Å². The molecule has 2 aromatic carbocycles. The van der Waals surface area contributed by atoms with Gasteiger partial charge < -0.3 is 14.8 Å². The Bertz CT molecular complexity index is 857. The molecule has 10 heteroatoms. The van der Waals surface area contributed by atoms with Gasteiger partial charge in [0, 0.05) is 12.1 Å². The third-order valence-corrected chi connectivity index (χ3v) is 3.90. The number of hydrogen-bond acceptors (Lipinski definition) is 4. The first-order valence-electron chi connectivity index (χ1n) is 7.73. The van der Waals surface area contributed by atoms with E-state index < -0.39 is 17.6 Å². The fraction of sp³-hybridized carbons (Fsp3) is 0.176. The maximum absolute atomic E-state index is 12.5. The van der Waals surface area contributed by atoms with Crippen molar-refractivity contribution in [1.82, 2.24) is 16.2 Å². The van der Waals surface area contributed by atoms with E-state index in [4.69, 9.17) is 21.7 Å². The van der Waals surface area contributed by atoms with Gasteiger partial charge in [0.25, 0.3) is 5.91 Å². The SMILES string of the molecule is O=C(NNC(=S)NCc1ccc2c(c1)OCO2)c1ccc(C(F)(F)F)cc1. The Morgan fingerprint density at radius 2 is 1.74 bits per heavy atom. The van der Waals surface area contributed by atoms with Gasteiger partial charge in [-0.25, -0.2) is 0 Å². The number of amides is 1. The van der Waals surface area contributed by atoms with E-state index in [1.54, 1.807) is 12.1 Å². The first-order chi connectivity index (χ1) is 12.8. The van der Waals surface area contributed by atoms with Crippen LogP contribution in [0, 0.1) is 0 Å². The number of carbonyl (C=O) groups is 1. The second kappa shape index (κ2) is 7.70. The van der Waals surface area contributed by atoms with E-state index in [2.05, 4.69) is 16.2 Å². The number of hydrazine groups is 1. The zero-order valence-corrected chi connectivity index (χ0v) is 14.5. The third-order valence-electron chi connectivity index (χ3n) is 3.65. The van der Waals surface area contributed by atoms with E-state index in [9.17, 15) is 18.0 Å². The Kier molecular flexibility index (Phi) is 5.36. The minimum atomic E-state index is -4.45. The van der Waals surface area contributed by atoms with E-state index in [-0.39, 0.29) is 17.5 Å². The van der Waals surface area contributed by atoms with Crippen molar-refractivity contribution < 1.29 is 27.4 Å². The molecule has 0 saturated heterocycles. The summed E-state index contributed by atoms with van der Waals surface area (Å²) in [5, 5.41) is 3.03. The average Bonchev–Trinajstić information content (AvgIpc) is 3.11. The second-order valence-corrected chi connectivity index (χ2v) is 5.93. The van der Waals surface area contributed by atoms with Crippen LogP contribution < -0.4 is 25.6 Å². The summed E-state index contributed by atoms with van der Waals surface area (Å²) in [5.41, 5.74) is 4.93. The van der Waals surface area contributed by atoms with Crippen molar-refractivity contribution >= 4 is 23.2 Å². The first-order valence-corrected chi connectivity index (χ1v) is 8.14. The summed E-state index contributed by atoms with van der Waals surface area (Å²) in [4.78, 5) is 11.9. The number of fused-ring (bicyclic) bond motifs is 1. The zero-order chi connectivity index (χ0) is 19.4. The predicted molar refractivity (Wildman–Crippen MR) is 94.0 cm³/mol. The molecule has 0 aliphatic carbocycles. The first kappa shape index (κ1) is 18.8. The number of nitrogens with one attached hydrogen (secondary N) is 3. The molecule has 0 saturated carbocycles. The highest BCUT2D eigenvalue weighted by molar-refractivity contribution is 7.80. The molecule has 1 amide bonds. The van der Waals surface area contributed by atoms with Crippen molar-refractivity contribution in [3.63, 3.8) is 0 Å². The predicted octanol–water partition coefficient (Wildman–Crippen LogP) is 2.74. The summed E-state index contributed by atoms with van der Waals surface area (Å²) in [6.07, 6.45) is -4.45. The van der Waals surface area contributed by atoms with Crippen LogP contribution in [0.15, 0.2) is 42.5 Å². The smallest absolute Gasteiger partial charge is 0.416 e. The molecule has 2 aromatic rings.